The molecule has 0 spiro atoms. The highest BCUT2D eigenvalue weighted by molar-refractivity contribution is 5.69. The zero-order chi connectivity index (χ0) is 21.4. The van der Waals surface area contributed by atoms with Crippen LogP contribution in [0.4, 0.5) is 0 Å². The first-order chi connectivity index (χ1) is 14.0. The Labute approximate surface area is 175 Å². The average molecular weight is 399 g/mol. The molecule has 2 rings (SSSR count). The maximum absolute atomic E-state index is 11.4. The highest BCUT2D eigenvalue weighted by Crippen LogP contribution is 2.45. The van der Waals surface area contributed by atoms with Gasteiger partial charge in [0.15, 0.2) is 0 Å². The SMILES string of the molecule is COC(=O)CCCCCC(c1ccccc1)c1c(C)c(OC)c(C)c(C)c1OC. The lowest BCUT2D eigenvalue weighted by Gasteiger charge is -2.27. The van der Waals surface area contributed by atoms with E-state index in [0.717, 1.165) is 53.9 Å². The maximum atomic E-state index is 11.4. The van der Waals surface area contributed by atoms with Gasteiger partial charge in [-0.1, -0.05) is 43.2 Å². The molecule has 158 valence electrons. The second kappa shape index (κ2) is 10.9. The molecule has 0 bridgehead atoms. The van der Waals surface area contributed by atoms with Gasteiger partial charge in [0.2, 0.25) is 0 Å². The van der Waals surface area contributed by atoms with E-state index >= 15 is 0 Å². The van der Waals surface area contributed by atoms with Crippen LogP contribution in [0.3, 0.4) is 0 Å². The highest BCUT2D eigenvalue weighted by atomic mass is 16.5. The van der Waals surface area contributed by atoms with Crippen LogP contribution in [-0.4, -0.2) is 27.3 Å². The topological polar surface area (TPSA) is 44.8 Å². The Bertz CT molecular complexity index is 812. The second-order valence-electron chi connectivity index (χ2n) is 7.49. The lowest BCUT2D eigenvalue weighted by Crippen LogP contribution is -2.10. The number of rotatable bonds is 10. The van der Waals surface area contributed by atoms with Crippen molar-refractivity contribution in [3.05, 3.63) is 58.1 Å². The molecular weight excluding hydrogens is 364 g/mol. The molecule has 0 saturated heterocycles. The van der Waals surface area contributed by atoms with Crippen molar-refractivity contribution in [2.45, 2.75) is 58.8 Å². The number of carbonyl (C=O) groups is 1. The van der Waals surface area contributed by atoms with E-state index in [4.69, 9.17) is 14.2 Å². The first-order valence-corrected chi connectivity index (χ1v) is 10.3. The normalized spacial score (nSPS) is 11.8. The molecule has 0 aromatic heterocycles. The van der Waals surface area contributed by atoms with Gasteiger partial charge in [0.05, 0.1) is 21.3 Å². The minimum Gasteiger partial charge on any atom is -0.496 e. The molecule has 0 aliphatic carbocycles. The Morgan fingerprint density at radius 2 is 1.45 bits per heavy atom. The first kappa shape index (κ1) is 22.8. The standard InChI is InChI=1S/C25H34O4/c1-17-18(2)25(29-6)23(19(3)24(17)28-5)21(20-13-9-7-10-14-20)15-11-8-12-16-22(26)27-4/h7,9-10,13-14,21H,8,11-12,15-16H2,1-6H3. The van der Waals surface area contributed by atoms with Gasteiger partial charge >= 0.3 is 5.97 Å². The van der Waals surface area contributed by atoms with Gasteiger partial charge in [0.1, 0.15) is 11.5 Å². The Kier molecular flexibility index (Phi) is 8.56. The zero-order valence-electron chi connectivity index (χ0n) is 18.6. The van der Waals surface area contributed by atoms with Crippen LogP contribution >= 0.6 is 0 Å². The second-order valence-corrected chi connectivity index (χ2v) is 7.49. The number of benzene rings is 2. The lowest BCUT2D eigenvalue weighted by molar-refractivity contribution is -0.140. The van der Waals surface area contributed by atoms with Crippen molar-refractivity contribution in [3.8, 4) is 11.5 Å². The third-order valence-corrected chi connectivity index (χ3v) is 5.79. The predicted octanol–water partition coefficient (Wildman–Crippen LogP) is 5.88. The van der Waals surface area contributed by atoms with Gasteiger partial charge in [-0.2, -0.15) is 0 Å². The van der Waals surface area contributed by atoms with Crippen molar-refractivity contribution in [3.63, 3.8) is 0 Å². The number of hydrogen-bond acceptors (Lipinski definition) is 4. The number of carbonyl (C=O) groups excluding carboxylic acids is 1. The van der Waals surface area contributed by atoms with Gasteiger partial charge in [-0.15, -0.1) is 0 Å². The molecule has 0 N–H and O–H groups in total. The fraction of sp³-hybridized carbons (Fsp3) is 0.480. The summed E-state index contributed by atoms with van der Waals surface area (Å²) >= 11 is 0. The van der Waals surface area contributed by atoms with Gasteiger partial charge < -0.3 is 14.2 Å². The molecule has 0 heterocycles. The summed E-state index contributed by atoms with van der Waals surface area (Å²) in [6.45, 7) is 6.30. The summed E-state index contributed by atoms with van der Waals surface area (Å²) in [4.78, 5) is 11.4. The summed E-state index contributed by atoms with van der Waals surface area (Å²) in [6.07, 6.45) is 4.32. The van der Waals surface area contributed by atoms with Crippen LogP contribution in [0.25, 0.3) is 0 Å². The molecule has 1 unspecified atom stereocenters. The summed E-state index contributed by atoms with van der Waals surface area (Å²) in [5.41, 5.74) is 5.85. The van der Waals surface area contributed by atoms with Crippen LogP contribution in [0, 0.1) is 20.8 Å². The van der Waals surface area contributed by atoms with E-state index in [9.17, 15) is 4.79 Å². The number of esters is 1. The van der Waals surface area contributed by atoms with E-state index in [1.165, 1.54) is 18.2 Å². The minimum absolute atomic E-state index is 0.138. The molecule has 1 atom stereocenters. The van der Waals surface area contributed by atoms with Crippen LogP contribution in [0.2, 0.25) is 0 Å². The molecule has 4 heteroatoms. The molecule has 2 aromatic carbocycles. The molecular formula is C25H34O4. The van der Waals surface area contributed by atoms with Gasteiger partial charge in [0.25, 0.3) is 0 Å². The predicted molar refractivity (Wildman–Crippen MR) is 117 cm³/mol. The fourth-order valence-electron chi connectivity index (χ4n) is 4.16. The molecule has 0 aliphatic rings. The Morgan fingerprint density at radius 1 is 0.828 bits per heavy atom. The van der Waals surface area contributed by atoms with Crippen molar-refractivity contribution >= 4 is 5.97 Å². The van der Waals surface area contributed by atoms with E-state index in [1.807, 2.05) is 6.07 Å². The average Bonchev–Trinajstić information content (AvgIpc) is 2.74. The van der Waals surface area contributed by atoms with Crippen LogP contribution in [0.5, 0.6) is 11.5 Å². The van der Waals surface area contributed by atoms with Crippen LogP contribution in [-0.2, 0) is 9.53 Å². The largest absolute Gasteiger partial charge is 0.496 e. The highest BCUT2D eigenvalue weighted by Gasteiger charge is 2.26. The lowest BCUT2D eigenvalue weighted by atomic mass is 9.81. The molecule has 0 radical (unpaired) electrons. The number of hydrogen-bond donors (Lipinski definition) is 0. The van der Waals surface area contributed by atoms with Gasteiger partial charge in [-0.25, -0.2) is 0 Å². The Hall–Kier alpha value is -2.49. The van der Waals surface area contributed by atoms with Crippen molar-refractivity contribution < 1.29 is 19.0 Å². The van der Waals surface area contributed by atoms with Crippen LogP contribution in [0.1, 0.15) is 65.8 Å². The molecule has 0 saturated carbocycles. The van der Waals surface area contributed by atoms with E-state index in [2.05, 4.69) is 45.0 Å². The molecule has 0 amide bonds. The number of ether oxygens (including phenoxy) is 3. The maximum Gasteiger partial charge on any atom is 0.305 e. The molecule has 0 aliphatic heterocycles. The number of unbranched alkanes of at least 4 members (excludes halogenated alkanes) is 2. The minimum atomic E-state index is -0.138. The quantitative estimate of drug-likeness (QED) is 0.370. The Morgan fingerprint density at radius 3 is 2.03 bits per heavy atom. The summed E-state index contributed by atoms with van der Waals surface area (Å²) in [7, 11) is 4.92. The zero-order valence-corrected chi connectivity index (χ0v) is 18.6. The molecule has 4 nitrogen and oxygen atoms in total. The van der Waals surface area contributed by atoms with Gasteiger partial charge in [-0.3, -0.25) is 4.79 Å². The molecule has 29 heavy (non-hydrogen) atoms. The van der Waals surface area contributed by atoms with Crippen molar-refractivity contribution in [2.24, 2.45) is 0 Å². The van der Waals surface area contributed by atoms with E-state index in [1.54, 1.807) is 14.2 Å². The molecule has 0 fully saturated rings. The smallest absolute Gasteiger partial charge is 0.305 e. The third kappa shape index (κ3) is 5.31. The van der Waals surface area contributed by atoms with E-state index < -0.39 is 0 Å². The summed E-state index contributed by atoms with van der Waals surface area (Å²) in [5.74, 6) is 1.95. The van der Waals surface area contributed by atoms with E-state index in [-0.39, 0.29) is 11.9 Å². The molecule has 2 aromatic rings. The van der Waals surface area contributed by atoms with Crippen molar-refractivity contribution in [2.75, 3.05) is 21.3 Å². The summed E-state index contributed by atoms with van der Waals surface area (Å²) in [5, 5.41) is 0. The van der Waals surface area contributed by atoms with Crippen molar-refractivity contribution in [1.82, 2.24) is 0 Å². The van der Waals surface area contributed by atoms with Gasteiger partial charge in [0, 0.05) is 17.9 Å². The first-order valence-electron chi connectivity index (χ1n) is 10.3. The number of methoxy groups -OCH3 is 3. The summed E-state index contributed by atoms with van der Waals surface area (Å²) < 4.78 is 16.4. The van der Waals surface area contributed by atoms with E-state index in [0.29, 0.717) is 6.42 Å². The third-order valence-electron chi connectivity index (χ3n) is 5.79. The van der Waals surface area contributed by atoms with Gasteiger partial charge in [-0.05, 0) is 55.9 Å². The van der Waals surface area contributed by atoms with Crippen LogP contribution in [0.15, 0.2) is 30.3 Å². The van der Waals surface area contributed by atoms with Crippen LogP contribution < -0.4 is 9.47 Å². The van der Waals surface area contributed by atoms with Crippen molar-refractivity contribution in [1.29, 1.82) is 0 Å². The monoisotopic (exact) mass is 398 g/mol. The Balaban J connectivity index is 2.39. The fourth-order valence-corrected chi connectivity index (χ4v) is 4.16. The summed E-state index contributed by atoms with van der Waals surface area (Å²) in [6, 6.07) is 10.6.